The second-order valence-corrected chi connectivity index (χ2v) is 6.91. The Bertz CT molecular complexity index is 1390. The van der Waals surface area contributed by atoms with Crippen LogP contribution in [0.3, 0.4) is 0 Å². The van der Waals surface area contributed by atoms with E-state index in [0.717, 1.165) is 11.1 Å². The lowest BCUT2D eigenvalue weighted by Crippen LogP contribution is -2.18. The molecule has 0 unspecified atom stereocenters. The minimum absolute atomic E-state index is 0.110. The van der Waals surface area contributed by atoms with E-state index in [2.05, 4.69) is 10.1 Å². The van der Waals surface area contributed by atoms with Gasteiger partial charge in [0.15, 0.2) is 0 Å². The predicted octanol–water partition coefficient (Wildman–Crippen LogP) is 5.36. The van der Waals surface area contributed by atoms with Gasteiger partial charge in [-0.05, 0) is 30.3 Å². The summed E-state index contributed by atoms with van der Waals surface area (Å²) in [6.07, 6.45) is 1.74. The van der Waals surface area contributed by atoms with Crippen LogP contribution in [0.4, 0.5) is 0 Å². The Hall–Kier alpha value is -3.70. The van der Waals surface area contributed by atoms with Gasteiger partial charge in [0.05, 0.1) is 10.6 Å². The molecule has 29 heavy (non-hydrogen) atoms. The van der Waals surface area contributed by atoms with Gasteiger partial charge >= 0.3 is 0 Å². The molecule has 0 saturated heterocycles. The molecule has 6 heteroatoms. The zero-order valence-electron chi connectivity index (χ0n) is 15.1. The molecule has 0 aliphatic carbocycles. The molecular weight excluding hydrogens is 386 g/mol. The molecule has 2 heterocycles. The molecule has 0 N–H and O–H groups in total. The first-order valence-corrected chi connectivity index (χ1v) is 9.39. The van der Waals surface area contributed by atoms with Crippen LogP contribution in [0, 0.1) is 0 Å². The molecule has 0 aliphatic rings. The van der Waals surface area contributed by atoms with E-state index in [0.29, 0.717) is 33.3 Å². The summed E-state index contributed by atoms with van der Waals surface area (Å²) in [6.45, 7) is 0. The van der Waals surface area contributed by atoms with Crippen molar-refractivity contribution in [3.8, 4) is 28.5 Å². The molecule has 0 spiro atoms. The maximum Gasteiger partial charge on any atom is 0.262 e. The van der Waals surface area contributed by atoms with Gasteiger partial charge in [-0.1, -0.05) is 65.3 Å². The largest absolute Gasteiger partial charge is 0.334 e. The Kier molecular flexibility index (Phi) is 4.22. The number of para-hydroxylation sites is 1. The van der Waals surface area contributed by atoms with Crippen LogP contribution in [-0.2, 0) is 0 Å². The highest BCUT2D eigenvalue weighted by Gasteiger charge is 2.18. The lowest BCUT2D eigenvalue weighted by atomic mass is 10.1. The van der Waals surface area contributed by atoms with E-state index in [1.54, 1.807) is 22.9 Å². The van der Waals surface area contributed by atoms with E-state index >= 15 is 0 Å². The van der Waals surface area contributed by atoms with E-state index in [9.17, 15) is 4.79 Å². The highest BCUT2D eigenvalue weighted by molar-refractivity contribution is 6.33. The monoisotopic (exact) mass is 399 g/mol. The number of hydrogen-bond donors (Lipinski definition) is 0. The molecule has 5 nitrogen and oxygen atoms in total. The number of benzene rings is 3. The van der Waals surface area contributed by atoms with Gasteiger partial charge in [-0.15, -0.1) is 0 Å². The van der Waals surface area contributed by atoms with Crippen molar-refractivity contribution in [2.45, 2.75) is 0 Å². The van der Waals surface area contributed by atoms with Crippen molar-refractivity contribution in [2.24, 2.45) is 0 Å². The lowest BCUT2D eigenvalue weighted by molar-refractivity contribution is 0.432. The molecule has 0 atom stereocenters. The smallest absolute Gasteiger partial charge is 0.262 e. The summed E-state index contributed by atoms with van der Waals surface area (Å²) in [4.78, 5) is 17.6. The zero-order valence-corrected chi connectivity index (χ0v) is 15.9. The number of aromatic nitrogens is 3. The number of pyridine rings is 1. The topological polar surface area (TPSA) is 60.9 Å². The Labute approximate surface area is 170 Å². The molecule has 5 aromatic rings. The fraction of sp³-hybridized carbons (Fsp3) is 0. The first-order chi connectivity index (χ1) is 14.2. The van der Waals surface area contributed by atoms with Crippen molar-refractivity contribution in [2.75, 3.05) is 0 Å². The number of rotatable bonds is 3. The molecule has 0 amide bonds. The molecule has 140 valence electrons. The summed E-state index contributed by atoms with van der Waals surface area (Å²) in [5, 5.41) is 5.96. The SMILES string of the molecule is O=c1c2ccccc2c(-c2nc(-c3ccccc3Cl)no2)cn1-c1ccccc1. The summed E-state index contributed by atoms with van der Waals surface area (Å²) in [5.74, 6) is 0.716. The normalized spacial score (nSPS) is 11.1. The van der Waals surface area contributed by atoms with Crippen LogP contribution in [0.25, 0.3) is 39.3 Å². The number of halogens is 1. The Balaban J connectivity index is 1.75. The summed E-state index contributed by atoms with van der Waals surface area (Å²) in [5.41, 5.74) is 2.01. The molecule has 0 fully saturated rings. The second-order valence-electron chi connectivity index (χ2n) is 6.50. The molecule has 0 saturated carbocycles. The first kappa shape index (κ1) is 17.4. The maximum absolute atomic E-state index is 13.1. The Morgan fingerprint density at radius 1 is 0.793 bits per heavy atom. The van der Waals surface area contributed by atoms with Crippen molar-refractivity contribution >= 4 is 22.4 Å². The van der Waals surface area contributed by atoms with Gasteiger partial charge in [0.1, 0.15) is 0 Å². The molecular formula is C23H14ClN3O2. The maximum atomic E-state index is 13.1. The predicted molar refractivity (Wildman–Crippen MR) is 113 cm³/mol. The quantitative estimate of drug-likeness (QED) is 0.409. The number of nitrogens with zero attached hydrogens (tertiary/aromatic N) is 3. The van der Waals surface area contributed by atoms with Gasteiger partial charge in [-0.3, -0.25) is 9.36 Å². The summed E-state index contributed by atoms with van der Waals surface area (Å²) >= 11 is 6.27. The molecule has 5 rings (SSSR count). The first-order valence-electron chi connectivity index (χ1n) is 9.01. The van der Waals surface area contributed by atoms with E-state index < -0.39 is 0 Å². The highest BCUT2D eigenvalue weighted by Crippen LogP contribution is 2.30. The van der Waals surface area contributed by atoms with E-state index in [1.807, 2.05) is 66.7 Å². The second kappa shape index (κ2) is 7.04. The molecule has 0 bridgehead atoms. The summed E-state index contributed by atoms with van der Waals surface area (Å²) in [6, 6.07) is 24.1. The highest BCUT2D eigenvalue weighted by atomic mass is 35.5. The van der Waals surface area contributed by atoms with Crippen LogP contribution in [-0.4, -0.2) is 14.7 Å². The van der Waals surface area contributed by atoms with Crippen molar-refractivity contribution in [3.05, 3.63) is 100 Å². The van der Waals surface area contributed by atoms with Gasteiger partial charge in [0.25, 0.3) is 11.4 Å². The van der Waals surface area contributed by atoms with Crippen LogP contribution >= 0.6 is 11.6 Å². The van der Waals surface area contributed by atoms with E-state index in [4.69, 9.17) is 16.1 Å². The number of fused-ring (bicyclic) bond motifs is 1. The molecule has 3 aromatic carbocycles. The van der Waals surface area contributed by atoms with Gasteiger partial charge in [0, 0.05) is 28.2 Å². The standard InChI is InChI=1S/C23H14ClN3O2/c24-20-13-7-6-12-18(20)21-25-22(29-26-21)19-14-27(15-8-2-1-3-9-15)23(28)17-11-5-4-10-16(17)19/h1-14H. The van der Waals surface area contributed by atoms with Crippen molar-refractivity contribution in [1.82, 2.24) is 14.7 Å². The van der Waals surface area contributed by atoms with Crippen LogP contribution in [0.1, 0.15) is 0 Å². The van der Waals surface area contributed by atoms with Crippen molar-refractivity contribution in [1.29, 1.82) is 0 Å². The zero-order chi connectivity index (χ0) is 19.8. The lowest BCUT2D eigenvalue weighted by Gasteiger charge is -2.10. The summed E-state index contributed by atoms with van der Waals surface area (Å²) in [7, 11) is 0. The van der Waals surface area contributed by atoms with Gasteiger partial charge in [-0.2, -0.15) is 4.98 Å². The van der Waals surface area contributed by atoms with Gasteiger partial charge in [-0.25, -0.2) is 0 Å². The van der Waals surface area contributed by atoms with Gasteiger partial charge < -0.3 is 4.52 Å². The minimum Gasteiger partial charge on any atom is -0.334 e. The number of hydrogen-bond acceptors (Lipinski definition) is 4. The van der Waals surface area contributed by atoms with E-state index in [1.165, 1.54) is 0 Å². The van der Waals surface area contributed by atoms with Crippen LogP contribution in [0.15, 0.2) is 94.4 Å². The third-order valence-electron chi connectivity index (χ3n) is 4.73. The third-order valence-corrected chi connectivity index (χ3v) is 5.06. The third kappa shape index (κ3) is 3.02. The molecule has 2 aromatic heterocycles. The minimum atomic E-state index is -0.110. The Morgan fingerprint density at radius 2 is 1.48 bits per heavy atom. The fourth-order valence-corrected chi connectivity index (χ4v) is 3.55. The molecule has 0 aliphatic heterocycles. The van der Waals surface area contributed by atoms with Crippen LogP contribution in [0.5, 0.6) is 0 Å². The summed E-state index contributed by atoms with van der Waals surface area (Å²) < 4.78 is 7.16. The van der Waals surface area contributed by atoms with Crippen molar-refractivity contribution < 1.29 is 4.52 Å². The fourth-order valence-electron chi connectivity index (χ4n) is 3.33. The van der Waals surface area contributed by atoms with E-state index in [-0.39, 0.29) is 5.56 Å². The average molecular weight is 400 g/mol. The van der Waals surface area contributed by atoms with Gasteiger partial charge in [0.2, 0.25) is 5.82 Å². The van der Waals surface area contributed by atoms with Crippen LogP contribution < -0.4 is 5.56 Å². The van der Waals surface area contributed by atoms with Crippen molar-refractivity contribution in [3.63, 3.8) is 0 Å². The Morgan fingerprint density at radius 3 is 2.28 bits per heavy atom. The average Bonchev–Trinajstić information content (AvgIpc) is 3.25. The van der Waals surface area contributed by atoms with Crippen LogP contribution in [0.2, 0.25) is 5.02 Å². The molecule has 0 radical (unpaired) electrons.